The topological polar surface area (TPSA) is 34.1 Å². The van der Waals surface area contributed by atoms with Gasteiger partial charge in [-0.1, -0.05) is 12.1 Å². The Hall–Kier alpha value is -0.930. The van der Waals surface area contributed by atoms with Crippen LogP contribution in [0.5, 0.6) is 0 Å². The predicted molar refractivity (Wildman–Crippen MR) is 122 cm³/mol. The summed E-state index contributed by atoms with van der Waals surface area (Å²) in [6, 6.07) is 6.66. The maximum absolute atomic E-state index is 13.1. The summed E-state index contributed by atoms with van der Waals surface area (Å²) in [5.74, 6) is 0.712. The summed E-state index contributed by atoms with van der Waals surface area (Å²) in [5.41, 5.74) is 1.08. The van der Waals surface area contributed by atoms with Crippen LogP contribution >= 0.6 is 24.0 Å². The van der Waals surface area contributed by atoms with E-state index in [9.17, 15) is 4.39 Å². The number of nitrogens with one attached hydrogen (secondary N) is 1. The van der Waals surface area contributed by atoms with Gasteiger partial charge in [0.15, 0.2) is 5.96 Å². The Balaban J connectivity index is 0.00000364. The Labute approximate surface area is 181 Å². The van der Waals surface area contributed by atoms with Crippen LogP contribution < -0.4 is 5.32 Å². The smallest absolute Gasteiger partial charge is 0.193 e. The molecule has 0 saturated carbocycles. The Kier molecular flexibility index (Phi) is 11.9. The molecule has 1 aromatic rings. The fourth-order valence-corrected chi connectivity index (χ4v) is 3.21. The van der Waals surface area contributed by atoms with Gasteiger partial charge in [0, 0.05) is 39.8 Å². The molecule has 1 N–H and O–H groups in total. The van der Waals surface area contributed by atoms with Crippen LogP contribution in [0.2, 0.25) is 0 Å². The molecule has 0 aliphatic carbocycles. The van der Waals surface area contributed by atoms with Gasteiger partial charge in [-0.15, -0.1) is 24.0 Å². The molecule has 0 bridgehead atoms. The molecule has 0 amide bonds. The minimum atomic E-state index is -0.198. The van der Waals surface area contributed by atoms with Crippen LogP contribution in [0.25, 0.3) is 0 Å². The molecule has 1 aliphatic heterocycles. The monoisotopic (exact) mass is 491 g/mol. The third kappa shape index (κ3) is 9.21. The van der Waals surface area contributed by atoms with E-state index in [1.54, 1.807) is 0 Å². The van der Waals surface area contributed by atoms with E-state index in [2.05, 4.69) is 34.0 Å². The second-order valence-corrected chi connectivity index (χ2v) is 7.07. The summed E-state index contributed by atoms with van der Waals surface area (Å²) in [6.07, 6.45) is 2.33. The minimum Gasteiger partial charge on any atom is -0.357 e. The fraction of sp³-hybridized carbons (Fsp3) is 0.650. The van der Waals surface area contributed by atoms with Crippen molar-refractivity contribution in [3.8, 4) is 0 Å². The van der Waals surface area contributed by atoms with Crippen molar-refractivity contribution in [3.63, 3.8) is 0 Å². The van der Waals surface area contributed by atoms with Crippen molar-refractivity contribution in [2.75, 3.05) is 59.9 Å². The highest BCUT2D eigenvalue weighted by molar-refractivity contribution is 14.0. The third-order valence-corrected chi connectivity index (χ3v) is 4.74. The van der Waals surface area contributed by atoms with Crippen LogP contribution in [0, 0.1) is 5.82 Å². The molecule has 0 radical (unpaired) electrons. The van der Waals surface area contributed by atoms with Crippen molar-refractivity contribution in [3.05, 3.63) is 35.6 Å². The lowest BCUT2D eigenvalue weighted by Crippen LogP contribution is -2.38. The highest BCUT2D eigenvalue weighted by Gasteiger charge is 2.11. The highest BCUT2D eigenvalue weighted by atomic mass is 127. The Morgan fingerprint density at radius 3 is 2.63 bits per heavy atom. The van der Waals surface area contributed by atoms with E-state index in [-0.39, 0.29) is 29.8 Å². The van der Waals surface area contributed by atoms with Crippen molar-refractivity contribution < 1.29 is 4.39 Å². The van der Waals surface area contributed by atoms with Gasteiger partial charge in [0.25, 0.3) is 0 Å². The highest BCUT2D eigenvalue weighted by Crippen LogP contribution is 2.06. The molecule has 0 atom stereocenters. The summed E-state index contributed by atoms with van der Waals surface area (Å²) >= 11 is 0. The van der Waals surface area contributed by atoms with Gasteiger partial charge in [-0.3, -0.25) is 4.99 Å². The molecule has 154 valence electrons. The predicted octanol–water partition coefficient (Wildman–Crippen LogP) is 2.87. The number of guanidine groups is 1. The number of hydrogen-bond acceptors (Lipinski definition) is 3. The number of nitrogens with zero attached hydrogens (tertiary/aromatic N) is 4. The fourth-order valence-electron chi connectivity index (χ4n) is 3.21. The SMILES string of the molecule is CCNC(=NCCCN1CCCN(C)CC1)N(C)Cc1ccc(F)cc1.I. The van der Waals surface area contributed by atoms with E-state index < -0.39 is 0 Å². The van der Waals surface area contributed by atoms with Crippen LogP contribution in [0.15, 0.2) is 29.3 Å². The van der Waals surface area contributed by atoms with Crippen molar-refractivity contribution in [2.45, 2.75) is 26.3 Å². The Morgan fingerprint density at radius 2 is 1.93 bits per heavy atom. The molecule has 0 unspecified atom stereocenters. The van der Waals surface area contributed by atoms with Gasteiger partial charge >= 0.3 is 0 Å². The molecule has 1 aliphatic rings. The number of benzene rings is 1. The van der Waals surface area contributed by atoms with E-state index in [0.29, 0.717) is 6.54 Å². The number of halogens is 2. The quantitative estimate of drug-likeness (QED) is 0.276. The molecule has 27 heavy (non-hydrogen) atoms. The molecule has 0 aromatic heterocycles. The lowest BCUT2D eigenvalue weighted by Gasteiger charge is -2.23. The Bertz CT molecular complexity index is 552. The zero-order chi connectivity index (χ0) is 18.8. The van der Waals surface area contributed by atoms with Gasteiger partial charge in [-0.2, -0.15) is 0 Å². The van der Waals surface area contributed by atoms with Gasteiger partial charge in [-0.05, 0) is 64.1 Å². The first kappa shape index (κ1) is 24.1. The average Bonchev–Trinajstić information content (AvgIpc) is 2.84. The first-order chi connectivity index (χ1) is 12.6. The lowest BCUT2D eigenvalue weighted by molar-refractivity contribution is 0.275. The maximum atomic E-state index is 13.1. The van der Waals surface area contributed by atoms with Crippen molar-refractivity contribution in [2.24, 2.45) is 4.99 Å². The normalized spacial score (nSPS) is 16.5. The van der Waals surface area contributed by atoms with Crippen molar-refractivity contribution >= 4 is 29.9 Å². The molecule has 1 heterocycles. The minimum absolute atomic E-state index is 0. The van der Waals surface area contributed by atoms with Crippen molar-refractivity contribution in [1.29, 1.82) is 0 Å². The van der Waals surface area contributed by atoms with Crippen LogP contribution in [-0.2, 0) is 6.54 Å². The first-order valence-corrected chi connectivity index (χ1v) is 9.73. The van der Waals surface area contributed by atoms with Crippen molar-refractivity contribution in [1.82, 2.24) is 20.0 Å². The summed E-state index contributed by atoms with van der Waals surface area (Å²) < 4.78 is 13.1. The zero-order valence-electron chi connectivity index (χ0n) is 17.0. The summed E-state index contributed by atoms with van der Waals surface area (Å²) in [7, 11) is 4.23. The van der Waals surface area contributed by atoms with E-state index in [0.717, 1.165) is 50.7 Å². The second-order valence-electron chi connectivity index (χ2n) is 7.07. The van der Waals surface area contributed by atoms with E-state index in [1.807, 2.05) is 19.2 Å². The molecule has 5 nitrogen and oxygen atoms in total. The number of rotatable bonds is 7. The summed E-state index contributed by atoms with van der Waals surface area (Å²) in [4.78, 5) is 11.8. The maximum Gasteiger partial charge on any atom is 0.193 e. The first-order valence-electron chi connectivity index (χ1n) is 9.73. The average molecular weight is 491 g/mol. The Morgan fingerprint density at radius 1 is 1.19 bits per heavy atom. The van der Waals surface area contributed by atoms with Gasteiger partial charge in [0.2, 0.25) is 0 Å². The van der Waals surface area contributed by atoms with E-state index in [1.165, 1.54) is 31.6 Å². The number of hydrogen-bond donors (Lipinski definition) is 1. The van der Waals surface area contributed by atoms with Crippen LogP contribution in [0.4, 0.5) is 4.39 Å². The molecular weight excluding hydrogens is 456 g/mol. The molecular formula is C20H35FIN5. The molecule has 7 heteroatoms. The summed E-state index contributed by atoms with van der Waals surface area (Å²) in [5, 5.41) is 3.35. The molecule has 2 rings (SSSR count). The molecule has 1 saturated heterocycles. The van der Waals surface area contributed by atoms with Crippen LogP contribution in [0.1, 0.15) is 25.3 Å². The number of aliphatic imine (C=N–C) groups is 1. The van der Waals surface area contributed by atoms with Gasteiger partial charge in [0.1, 0.15) is 5.82 Å². The molecule has 1 aromatic carbocycles. The largest absolute Gasteiger partial charge is 0.357 e. The summed E-state index contributed by atoms with van der Waals surface area (Å²) in [6.45, 7) is 10.3. The molecule has 1 fully saturated rings. The van der Waals surface area contributed by atoms with Crippen LogP contribution in [-0.4, -0.2) is 80.6 Å². The second kappa shape index (κ2) is 13.3. The lowest BCUT2D eigenvalue weighted by atomic mass is 10.2. The van der Waals surface area contributed by atoms with Gasteiger partial charge in [-0.25, -0.2) is 4.39 Å². The molecule has 0 spiro atoms. The van der Waals surface area contributed by atoms with E-state index in [4.69, 9.17) is 4.99 Å². The number of likely N-dealkylation sites (N-methyl/N-ethyl adjacent to an activating group) is 1. The van der Waals surface area contributed by atoms with Gasteiger partial charge in [0.05, 0.1) is 0 Å². The van der Waals surface area contributed by atoms with Gasteiger partial charge < -0.3 is 20.0 Å². The van der Waals surface area contributed by atoms with Crippen LogP contribution in [0.3, 0.4) is 0 Å². The van der Waals surface area contributed by atoms with E-state index >= 15 is 0 Å². The third-order valence-electron chi connectivity index (χ3n) is 4.74. The zero-order valence-corrected chi connectivity index (χ0v) is 19.3. The standard InChI is InChI=1S/C20H34FN5.HI/c1-4-22-20(25(3)17-18-7-9-19(21)10-8-18)23-11-5-13-26-14-6-12-24(2)15-16-26;/h7-10H,4-6,11-17H2,1-3H3,(H,22,23);1H.